The van der Waals surface area contributed by atoms with Crippen LogP contribution in [0.5, 0.6) is 5.75 Å². The molecule has 0 N–H and O–H groups in total. The Kier molecular flexibility index (Phi) is 4.77. The molecule has 0 saturated carbocycles. The smallest absolute Gasteiger partial charge is 0.348 e. The zero-order chi connectivity index (χ0) is 19.7. The molecule has 0 saturated heterocycles. The van der Waals surface area contributed by atoms with E-state index in [1.807, 2.05) is 37.3 Å². The second kappa shape index (κ2) is 7.38. The van der Waals surface area contributed by atoms with Crippen molar-refractivity contribution in [2.24, 2.45) is 0 Å². The number of aryl methyl sites for hydroxylation is 1. The number of aromatic nitrogens is 1. The third-order valence-corrected chi connectivity index (χ3v) is 4.93. The van der Waals surface area contributed by atoms with Gasteiger partial charge >= 0.3 is 5.97 Å². The van der Waals surface area contributed by atoms with Gasteiger partial charge in [0, 0.05) is 11.8 Å². The molecule has 6 nitrogen and oxygen atoms in total. The Hall–Kier alpha value is -3.28. The zero-order valence-corrected chi connectivity index (χ0v) is 15.8. The Morgan fingerprint density at radius 1 is 1.18 bits per heavy atom. The van der Waals surface area contributed by atoms with Crippen LogP contribution in [0.15, 0.2) is 64.0 Å². The lowest BCUT2D eigenvalue weighted by molar-refractivity contribution is -0.151. The molecule has 0 amide bonds. The predicted octanol–water partition coefficient (Wildman–Crippen LogP) is 3.25. The van der Waals surface area contributed by atoms with E-state index < -0.39 is 18.0 Å². The van der Waals surface area contributed by atoms with Crippen molar-refractivity contribution in [3.05, 3.63) is 87.7 Å². The van der Waals surface area contributed by atoms with Crippen LogP contribution in [-0.2, 0) is 16.1 Å². The van der Waals surface area contributed by atoms with Crippen LogP contribution in [0.3, 0.4) is 0 Å². The molecule has 1 aromatic carbocycles. The van der Waals surface area contributed by atoms with Gasteiger partial charge in [0.05, 0.1) is 30.9 Å². The van der Waals surface area contributed by atoms with Gasteiger partial charge in [-0.25, -0.2) is 4.79 Å². The molecule has 2 atom stereocenters. The van der Waals surface area contributed by atoms with E-state index in [4.69, 9.17) is 13.9 Å². The van der Waals surface area contributed by atoms with Crippen molar-refractivity contribution in [1.82, 2.24) is 4.57 Å². The number of pyridine rings is 1. The molecule has 0 aliphatic carbocycles. The SMILES string of the molecule is CCOC(=O)[C@@H]1Oc2cc(C)n(Cc3ccccc3)c(=O)c2[C@H]1c1ccco1. The number of nitrogens with zero attached hydrogens (tertiary/aromatic N) is 1. The van der Waals surface area contributed by atoms with Gasteiger partial charge in [0.25, 0.3) is 5.56 Å². The van der Waals surface area contributed by atoms with E-state index in [1.165, 1.54) is 6.26 Å². The molecular weight excluding hydrogens is 358 g/mol. The highest BCUT2D eigenvalue weighted by Crippen LogP contribution is 2.41. The van der Waals surface area contributed by atoms with E-state index in [1.54, 1.807) is 29.7 Å². The quantitative estimate of drug-likeness (QED) is 0.637. The highest BCUT2D eigenvalue weighted by Gasteiger charge is 2.45. The summed E-state index contributed by atoms with van der Waals surface area (Å²) in [6.45, 7) is 4.26. The van der Waals surface area contributed by atoms with E-state index in [9.17, 15) is 9.59 Å². The summed E-state index contributed by atoms with van der Waals surface area (Å²) < 4.78 is 18.3. The maximum absolute atomic E-state index is 13.4. The summed E-state index contributed by atoms with van der Waals surface area (Å²) >= 11 is 0. The number of carbonyl (C=O) groups is 1. The van der Waals surface area contributed by atoms with Gasteiger partial charge in [0.1, 0.15) is 11.5 Å². The molecule has 0 fully saturated rings. The number of rotatable bonds is 5. The third kappa shape index (κ3) is 3.11. The van der Waals surface area contributed by atoms with Crippen LogP contribution in [0.2, 0.25) is 0 Å². The lowest BCUT2D eigenvalue weighted by Crippen LogP contribution is -2.33. The minimum atomic E-state index is -0.944. The average molecular weight is 379 g/mol. The molecule has 3 heterocycles. The fourth-order valence-electron chi connectivity index (χ4n) is 3.63. The monoisotopic (exact) mass is 379 g/mol. The molecular formula is C22H21NO5. The van der Waals surface area contributed by atoms with Crippen LogP contribution in [0.4, 0.5) is 0 Å². The standard InChI is InChI=1S/C22H21NO5/c1-3-26-22(25)20-18(16-10-7-11-27-16)19-17(28-20)12-14(2)23(21(19)24)13-15-8-5-4-6-9-15/h4-12,18,20H,3,13H2,1-2H3/t18-,20-/m1/s1. The molecule has 1 aliphatic rings. The van der Waals surface area contributed by atoms with Crippen LogP contribution in [0.25, 0.3) is 0 Å². The number of carbonyl (C=O) groups excluding carboxylic acids is 1. The first-order valence-electron chi connectivity index (χ1n) is 9.25. The third-order valence-electron chi connectivity index (χ3n) is 4.93. The fraction of sp³-hybridized carbons (Fsp3) is 0.273. The van der Waals surface area contributed by atoms with Crippen LogP contribution >= 0.6 is 0 Å². The normalized spacial score (nSPS) is 17.8. The zero-order valence-electron chi connectivity index (χ0n) is 15.8. The number of esters is 1. The summed E-state index contributed by atoms with van der Waals surface area (Å²) in [6, 6.07) is 15.0. The Morgan fingerprint density at radius 3 is 2.64 bits per heavy atom. The Labute approximate surface area is 162 Å². The van der Waals surface area contributed by atoms with Crippen LogP contribution < -0.4 is 10.3 Å². The maximum atomic E-state index is 13.4. The molecule has 3 aromatic rings. The van der Waals surface area contributed by atoms with Gasteiger partial charge in [0.2, 0.25) is 6.10 Å². The van der Waals surface area contributed by atoms with Crippen LogP contribution in [0, 0.1) is 6.92 Å². The van der Waals surface area contributed by atoms with Crippen LogP contribution in [0.1, 0.15) is 35.4 Å². The van der Waals surface area contributed by atoms with Gasteiger partial charge in [-0.2, -0.15) is 0 Å². The van der Waals surface area contributed by atoms with E-state index in [0.29, 0.717) is 23.6 Å². The molecule has 0 bridgehead atoms. The topological polar surface area (TPSA) is 70.7 Å². The second-order valence-corrected chi connectivity index (χ2v) is 6.72. The number of fused-ring (bicyclic) bond motifs is 1. The van der Waals surface area contributed by atoms with Crippen LogP contribution in [-0.4, -0.2) is 23.2 Å². The first kappa shape index (κ1) is 18.1. The van der Waals surface area contributed by atoms with Crippen molar-refractivity contribution in [2.45, 2.75) is 32.4 Å². The summed E-state index contributed by atoms with van der Waals surface area (Å²) in [5.74, 6) is -0.235. The Balaban J connectivity index is 1.82. The maximum Gasteiger partial charge on any atom is 0.348 e. The van der Waals surface area contributed by atoms with Crippen molar-refractivity contribution in [2.75, 3.05) is 6.61 Å². The lowest BCUT2D eigenvalue weighted by Gasteiger charge is -2.15. The molecule has 144 valence electrons. The van der Waals surface area contributed by atoms with Gasteiger partial charge in [-0.3, -0.25) is 4.79 Å². The molecule has 1 aliphatic heterocycles. The number of hydrogen-bond acceptors (Lipinski definition) is 5. The molecule has 0 radical (unpaired) electrons. The first-order valence-corrected chi connectivity index (χ1v) is 9.25. The minimum absolute atomic E-state index is 0.188. The first-order chi connectivity index (χ1) is 13.6. The van der Waals surface area contributed by atoms with Crippen molar-refractivity contribution in [3.8, 4) is 5.75 Å². The highest BCUT2D eigenvalue weighted by molar-refractivity contribution is 5.79. The Morgan fingerprint density at radius 2 is 1.96 bits per heavy atom. The van der Waals surface area contributed by atoms with E-state index in [-0.39, 0.29) is 12.2 Å². The number of hydrogen-bond donors (Lipinski definition) is 0. The number of furan rings is 1. The average Bonchev–Trinajstić information content (AvgIpc) is 3.33. The molecule has 28 heavy (non-hydrogen) atoms. The van der Waals surface area contributed by atoms with Crippen molar-refractivity contribution < 1.29 is 18.7 Å². The minimum Gasteiger partial charge on any atom is -0.477 e. The van der Waals surface area contributed by atoms with Gasteiger partial charge in [0.15, 0.2) is 0 Å². The molecule has 4 rings (SSSR count). The molecule has 0 unspecified atom stereocenters. The largest absolute Gasteiger partial charge is 0.477 e. The number of benzene rings is 1. The van der Waals surface area contributed by atoms with Gasteiger partial charge in [-0.1, -0.05) is 30.3 Å². The van der Waals surface area contributed by atoms with Gasteiger partial charge < -0.3 is 18.5 Å². The fourth-order valence-corrected chi connectivity index (χ4v) is 3.63. The van der Waals surface area contributed by atoms with Crippen molar-refractivity contribution >= 4 is 5.97 Å². The van der Waals surface area contributed by atoms with Crippen molar-refractivity contribution in [1.29, 1.82) is 0 Å². The van der Waals surface area contributed by atoms with Gasteiger partial charge in [-0.05, 0) is 31.5 Å². The molecule has 6 heteroatoms. The lowest BCUT2D eigenvalue weighted by atomic mass is 9.93. The molecule has 0 spiro atoms. The summed E-state index contributed by atoms with van der Waals surface area (Å²) in [5, 5.41) is 0. The van der Waals surface area contributed by atoms with E-state index >= 15 is 0 Å². The predicted molar refractivity (Wildman–Crippen MR) is 103 cm³/mol. The van der Waals surface area contributed by atoms with E-state index in [2.05, 4.69) is 0 Å². The number of ether oxygens (including phenoxy) is 2. The second-order valence-electron chi connectivity index (χ2n) is 6.72. The summed E-state index contributed by atoms with van der Waals surface area (Å²) in [7, 11) is 0. The van der Waals surface area contributed by atoms with E-state index in [0.717, 1.165) is 11.3 Å². The summed E-state index contributed by atoms with van der Waals surface area (Å²) in [6.07, 6.45) is 0.576. The molecule has 2 aromatic heterocycles. The summed E-state index contributed by atoms with van der Waals surface area (Å²) in [4.78, 5) is 25.9. The summed E-state index contributed by atoms with van der Waals surface area (Å²) in [5.41, 5.74) is 2.01. The Bertz CT molecular complexity index is 1040. The highest BCUT2D eigenvalue weighted by atomic mass is 16.6. The van der Waals surface area contributed by atoms with Crippen molar-refractivity contribution in [3.63, 3.8) is 0 Å². The van der Waals surface area contributed by atoms with Gasteiger partial charge in [-0.15, -0.1) is 0 Å².